The van der Waals surface area contributed by atoms with Crippen LogP contribution in [-0.2, 0) is 56.2 Å². The fourth-order valence-electron chi connectivity index (χ4n) is 15.9. The minimum Gasteiger partial charge on any atom is -0.322 e. The van der Waals surface area contributed by atoms with Gasteiger partial charge in [-0.25, -0.2) is 22.0 Å². The Bertz CT molecular complexity index is 6680. The molecular weight excluding hydrogens is 1950 g/mol. The number of benzene rings is 12. The van der Waals surface area contributed by atoms with E-state index < -0.39 is 152 Å². The van der Waals surface area contributed by atoms with Crippen LogP contribution in [0.5, 0.6) is 0 Å². The van der Waals surface area contributed by atoms with Crippen LogP contribution in [0.3, 0.4) is 0 Å². The first-order valence-corrected chi connectivity index (χ1v) is 45.3. The summed E-state index contributed by atoms with van der Waals surface area (Å²) >= 11 is 0. The number of nitrogens with one attached hydrogen (secondary N) is 4. The molecule has 35 heteroatoms. The Morgan fingerprint density at radius 1 is 0.240 bits per heavy atom. The summed E-state index contributed by atoms with van der Waals surface area (Å²) in [6.07, 6.45) is -25.3. The van der Waals surface area contributed by atoms with Gasteiger partial charge in [-0.2, -0.15) is 79.0 Å². The quantitative estimate of drug-likeness (QED) is 0.0276. The van der Waals surface area contributed by atoms with Crippen molar-refractivity contribution in [1.29, 1.82) is 0 Å². The third kappa shape index (κ3) is 32.8. The van der Waals surface area contributed by atoms with E-state index in [2.05, 4.69) is 21.3 Å². The molecule has 4 amide bonds. The topological polar surface area (TPSA) is 185 Å². The molecule has 772 valence electrons. The predicted octanol–water partition coefficient (Wildman–Crippen LogP) is 32.4. The molecule has 0 spiro atoms. The van der Waals surface area contributed by atoms with E-state index in [0.717, 1.165) is 91.0 Å². The summed E-state index contributed by atoms with van der Waals surface area (Å²) in [5.41, 5.74) is 0.279. The van der Waals surface area contributed by atoms with Crippen LogP contribution in [0.15, 0.2) is 243 Å². The largest absolute Gasteiger partial charge is 0.416 e. The summed E-state index contributed by atoms with van der Waals surface area (Å²) < 4.78 is 303. The van der Waals surface area contributed by atoms with Crippen molar-refractivity contribution < 1.29 is 139 Å². The number of carbonyl (C=O) groups excluding carboxylic acids is 8. The second kappa shape index (κ2) is 48.1. The Hall–Kier alpha value is -14.4. The summed E-state index contributed by atoms with van der Waals surface area (Å²) in [4.78, 5) is 101. The Kier molecular flexibility index (Phi) is 37.9. The molecule has 12 nitrogen and oxygen atoms in total. The first-order valence-electron chi connectivity index (χ1n) is 45.3. The van der Waals surface area contributed by atoms with E-state index in [1.807, 2.05) is 55.4 Å². The van der Waals surface area contributed by atoms with E-state index in [0.29, 0.717) is 111 Å². The molecular formula is C111H99F23N4O8. The van der Waals surface area contributed by atoms with Crippen molar-refractivity contribution in [2.75, 3.05) is 21.3 Å². The molecule has 0 radical (unpaired) electrons. The van der Waals surface area contributed by atoms with Crippen molar-refractivity contribution in [1.82, 2.24) is 0 Å². The van der Waals surface area contributed by atoms with Gasteiger partial charge in [0.05, 0.1) is 33.4 Å². The monoisotopic (exact) mass is 2050 g/mol. The van der Waals surface area contributed by atoms with Gasteiger partial charge in [0.2, 0.25) is 0 Å². The molecule has 4 unspecified atom stereocenters. The average molecular weight is 2050 g/mol. The summed E-state index contributed by atoms with van der Waals surface area (Å²) in [5.74, 6) is -12.0. The Morgan fingerprint density at radius 3 is 0.712 bits per heavy atom. The fourth-order valence-corrected chi connectivity index (χ4v) is 15.9. The molecule has 12 rings (SSSR count). The molecule has 0 heterocycles. The fraction of sp³-hybridized carbons (Fsp3) is 0.279. The van der Waals surface area contributed by atoms with E-state index in [1.54, 1.807) is 42.5 Å². The number of rotatable bonds is 28. The first-order chi connectivity index (χ1) is 67.8. The SMILES string of the molecule is CC(=O)C(CC(C)C)c1cc(NC(=O)c2cc(C)cc(C(F)(F)F)c2)cc(-c2ccc(C(F)(F)F)cc2)c1.CC(=O)C(CC(C)C)c1cc(NC(=O)c2cc(F)c(F)c(F)c2)cc(-c2ccc(C(F)(F)F)cc2)c1.CC(=O)C(CC(C)C)c1cc(NC(=O)c2cc(F)cc(F)c2)cc(-c2ccc(C(F)(F)F)cc2)c1.CC(=O)C(CC(C)C)c1cc(NC(=O)c2cccc(C(F)(F)F)c2)cc(-c2ccc(C(F)(F)F)cc2)c1. The zero-order chi connectivity index (χ0) is 109. The first kappa shape index (κ1) is 115. The molecule has 0 aliphatic heterocycles. The molecule has 0 aliphatic rings. The highest BCUT2D eigenvalue weighted by atomic mass is 19.4. The minimum absolute atomic E-state index is 0.104. The Balaban J connectivity index is 0.000000217. The van der Waals surface area contributed by atoms with E-state index in [4.69, 9.17) is 0 Å². The lowest BCUT2D eigenvalue weighted by atomic mass is 9.85. The second-order valence-corrected chi connectivity index (χ2v) is 36.7. The van der Waals surface area contributed by atoms with Crippen molar-refractivity contribution in [2.45, 2.75) is 176 Å². The van der Waals surface area contributed by atoms with Crippen LogP contribution >= 0.6 is 0 Å². The number of hydrogen-bond acceptors (Lipinski definition) is 8. The number of alkyl halides is 18. The molecule has 12 aromatic rings. The van der Waals surface area contributed by atoms with Crippen LogP contribution in [0.4, 0.5) is 124 Å². The van der Waals surface area contributed by atoms with Crippen LogP contribution in [0.1, 0.15) is 235 Å². The van der Waals surface area contributed by atoms with Crippen molar-refractivity contribution in [3.05, 3.63) is 355 Å². The molecule has 4 N–H and O–H groups in total. The summed E-state index contributed by atoms with van der Waals surface area (Å²) in [6, 6.07) is 47.2. The van der Waals surface area contributed by atoms with Crippen LogP contribution in [0.2, 0.25) is 0 Å². The van der Waals surface area contributed by atoms with E-state index >= 15 is 0 Å². The number of hydrogen-bond donors (Lipinski definition) is 4. The van der Waals surface area contributed by atoms with E-state index in [9.17, 15) is 139 Å². The van der Waals surface area contributed by atoms with E-state index in [-0.39, 0.29) is 91.8 Å². The highest BCUT2D eigenvalue weighted by Crippen LogP contribution is 2.44. The molecule has 0 saturated carbocycles. The van der Waals surface area contributed by atoms with Crippen LogP contribution in [-0.4, -0.2) is 46.8 Å². The summed E-state index contributed by atoms with van der Waals surface area (Å²) in [6.45, 7) is 22.7. The van der Waals surface area contributed by atoms with Gasteiger partial charge in [-0.15, -0.1) is 0 Å². The van der Waals surface area contributed by atoms with Gasteiger partial charge in [0.1, 0.15) is 34.8 Å². The smallest absolute Gasteiger partial charge is 0.322 e. The van der Waals surface area contributed by atoms with Gasteiger partial charge < -0.3 is 21.3 Å². The van der Waals surface area contributed by atoms with Crippen LogP contribution < -0.4 is 21.3 Å². The molecule has 12 aromatic carbocycles. The number of ketones is 4. The standard InChI is InChI=1S/C29H27F6NO2.C28H25F6NO2.C27H23F6NO2.C27H24F5NO2/c1-16(2)9-26(18(4)37)21-12-20(19-5-7-23(8-6-19)28(30,31)32)14-25(15-21)36-27(38)22-10-17(3)11-24(13-22)29(33,34)35;1-16(2)11-25(17(3)36)21-12-20(18-7-9-22(10-8-18)27(29,30)31)14-24(15-21)35-26(37)19-5-4-6-23(13-19)28(32,33)34;1-14(2)8-22(15(3)35)18-9-17(16-4-6-20(7-5-16)27(31,32)33)10-21(11-18)34-26(36)19-12-23(28)25(30)24(29)13-19;1-15(2)8-25(16(3)34)19-9-18(17-4-6-21(7-5-17)27(30,31)32)12-24(13-19)33-26(35)20-10-22(28)14-23(29)11-20/h5-8,10-16,26H,9H2,1-4H3,(H,36,38);4-10,12-16,25H,11H2,1-3H3,(H,35,37);4-7,9-14,22H,8H2,1-3H3,(H,34,36);4-7,9-15,25H,8H2,1-3H3,(H,33,35). The summed E-state index contributed by atoms with van der Waals surface area (Å²) in [5, 5.41) is 10.2. The third-order valence-corrected chi connectivity index (χ3v) is 22.9. The van der Waals surface area contributed by atoms with Crippen LogP contribution in [0.25, 0.3) is 44.5 Å². The number of aryl methyl sites for hydroxylation is 1. The summed E-state index contributed by atoms with van der Waals surface area (Å²) in [7, 11) is 0. The van der Waals surface area contributed by atoms with Gasteiger partial charge in [0.25, 0.3) is 23.6 Å². The molecule has 0 aliphatic carbocycles. The maximum absolute atomic E-state index is 13.6. The molecule has 146 heavy (non-hydrogen) atoms. The number of halogens is 23. The predicted molar refractivity (Wildman–Crippen MR) is 511 cm³/mol. The highest BCUT2D eigenvalue weighted by molar-refractivity contribution is 6.08. The van der Waals surface area contributed by atoms with Gasteiger partial charge in [0, 0.05) is 74.7 Å². The second-order valence-electron chi connectivity index (χ2n) is 36.7. The maximum atomic E-state index is 13.6. The Labute approximate surface area is 826 Å². The van der Waals surface area contributed by atoms with Gasteiger partial charge in [-0.05, 0) is 314 Å². The highest BCUT2D eigenvalue weighted by Gasteiger charge is 2.38. The number of anilines is 4. The van der Waals surface area contributed by atoms with Crippen molar-refractivity contribution >= 4 is 69.5 Å². The van der Waals surface area contributed by atoms with Gasteiger partial charge >= 0.3 is 37.1 Å². The van der Waals surface area contributed by atoms with Gasteiger partial charge in [-0.3, -0.25) is 38.4 Å². The van der Waals surface area contributed by atoms with Gasteiger partial charge in [-0.1, -0.05) is 134 Å². The molecule has 0 aromatic heterocycles. The van der Waals surface area contributed by atoms with E-state index in [1.165, 1.54) is 126 Å². The molecule has 4 atom stereocenters. The lowest BCUT2D eigenvalue weighted by Crippen LogP contribution is -2.16. The van der Waals surface area contributed by atoms with Crippen LogP contribution in [0, 0.1) is 59.7 Å². The lowest BCUT2D eigenvalue weighted by Gasteiger charge is -2.20. The maximum Gasteiger partial charge on any atom is 0.416 e. The van der Waals surface area contributed by atoms with Crippen molar-refractivity contribution in [3.63, 3.8) is 0 Å². The third-order valence-electron chi connectivity index (χ3n) is 22.9. The number of amides is 4. The lowest BCUT2D eigenvalue weighted by molar-refractivity contribution is -0.138. The molecule has 0 saturated heterocycles. The van der Waals surface area contributed by atoms with Crippen molar-refractivity contribution in [3.8, 4) is 44.5 Å². The zero-order valence-corrected chi connectivity index (χ0v) is 80.5. The normalized spacial score (nSPS) is 12.7. The zero-order valence-electron chi connectivity index (χ0n) is 80.5. The molecule has 0 fully saturated rings. The number of carbonyl (C=O) groups is 8. The molecule has 0 bridgehead atoms. The Morgan fingerprint density at radius 2 is 0.473 bits per heavy atom. The number of Topliss-reactive ketones (excluding diaryl/α,β-unsaturated/α-hetero) is 4. The minimum atomic E-state index is -4.64. The average Bonchev–Trinajstić information content (AvgIpc) is 0.806. The van der Waals surface area contributed by atoms with Gasteiger partial charge in [0.15, 0.2) is 17.5 Å². The van der Waals surface area contributed by atoms with Crippen molar-refractivity contribution in [2.24, 2.45) is 23.7 Å².